The van der Waals surface area contributed by atoms with Crippen molar-refractivity contribution in [3.8, 4) is 0 Å². The normalized spacial score (nSPS) is 22.9. The number of rotatable bonds is 6. The van der Waals surface area contributed by atoms with Gasteiger partial charge in [0, 0.05) is 6.42 Å². The number of carbonyl (C=O) groups is 1. The van der Waals surface area contributed by atoms with E-state index in [-0.39, 0.29) is 12.4 Å². The molecular formula is C15H21O5P. The highest BCUT2D eigenvalue weighted by Gasteiger charge is 2.46. The highest BCUT2D eigenvalue weighted by molar-refractivity contribution is 7.54. The van der Waals surface area contributed by atoms with Crippen LogP contribution in [0.4, 0.5) is 0 Å². The van der Waals surface area contributed by atoms with Crippen molar-refractivity contribution < 1.29 is 23.1 Å². The number of carbonyl (C=O) groups excluding carboxylic acids is 1. The minimum absolute atomic E-state index is 0.234. The van der Waals surface area contributed by atoms with Gasteiger partial charge in [-0.1, -0.05) is 30.3 Å². The Bertz CT molecular complexity index is 506. The molecular weight excluding hydrogens is 291 g/mol. The molecule has 1 saturated heterocycles. The van der Waals surface area contributed by atoms with Crippen molar-refractivity contribution in [1.82, 2.24) is 0 Å². The molecule has 0 radical (unpaired) electrons. The molecule has 0 unspecified atom stereocenters. The molecule has 0 bridgehead atoms. The Morgan fingerprint density at radius 3 is 2.38 bits per heavy atom. The van der Waals surface area contributed by atoms with Crippen LogP contribution < -0.4 is 0 Å². The summed E-state index contributed by atoms with van der Waals surface area (Å²) in [6.07, 6.45) is 0.0877. The first-order valence-electron chi connectivity index (χ1n) is 7.24. The molecule has 0 aromatic heterocycles. The molecule has 0 N–H and O–H groups in total. The Morgan fingerprint density at radius 2 is 1.81 bits per heavy atom. The maximum atomic E-state index is 13.0. The third-order valence-electron chi connectivity index (χ3n) is 3.40. The van der Waals surface area contributed by atoms with E-state index in [1.807, 2.05) is 30.3 Å². The van der Waals surface area contributed by atoms with Crippen molar-refractivity contribution in [3.05, 3.63) is 35.9 Å². The molecule has 0 saturated carbocycles. The van der Waals surface area contributed by atoms with Crippen molar-refractivity contribution in [2.75, 3.05) is 13.2 Å². The molecule has 1 fully saturated rings. The zero-order valence-electron chi connectivity index (χ0n) is 12.4. The summed E-state index contributed by atoms with van der Waals surface area (Å²) in [7, 11) is -3.32. The SMILES string of the molecule is CCOP(=O)(OCC)[C@H]1CCC(=O)O[C@H]1c1ccccc1. The van der Waals surface area contributed by atoms with E-state index < -0.39 is 19.4 Å². The average molecular weight is 312 g/mol. The van der Waals surface area contributed by atoms with Gasteiger partial charge in [0.05, 0.1) is 13.2 Å². The summed E-state index contributed by atoms with van der Waals surface area (Å²) in [5.41, 5.74) is 0.354. The second kappa shape index (κ2) is 7.21. The molecule has 2 rings (SSSR count). The second-order valence-electron chi connectivity index (χ2n) is 4.80. The van der Waals surface area contributed by atoms with Gasteiger partial charge in [-0.3, -0.25) is 9.36 Å². The lowest BCUT2D eigenvalue weighted by Gasteiger charge is -2.35. The fraction of sp³-hybridized carbons (Fsp3) is 0.533. The Balaban J connectivity index is 2.33. The third kappa shape index (κ3) is 3.73. The summed E-state index contributed by atoms with van der Waals surface area (Å²) in [5, 5.41) is 0. The predicted octanol–water partition coefficient (Wildman–Crippen LogP) is 3.70. The van der Waals surface area contributed by atoms with Crippen molar-refractivity contribution in [2.24, 2.45) is 0 Å². The minimum atomic E-state index is -3.32. The summed E-state index contributed by atoms with van der Waals surface area (Å²) in [6.45, 7) is 4.14. The molecule has 6 heteroatoms. The molecule has 1 aromatic carbocycles. The fourth-order valence-corrected chi connectivity index (χ4v) is 4.73. The van der Waals surface area contributed by atoms with E-state index in [9.17, 15) is 9.36 Å². The lowest BCUT2D eigenvalue weighted by Crippen LogP contribution is -2.31. The van der Waals surface area contributed by atoms with Crippen LogP contribution >= 0.6 is 7.60 Å². The van der Waals surface area contributed by atoms with E-state index in [4.69, 9.17) is 13.8 Å². The van der Waals surface area contributed by atoms with Crippen molar-refractivity contribution in [1.29, 1.82) is 0 Å². The smallest absolute Gasteiger partial charge is 0.337 e. The summed E-state index contributed by atoms with van der Waals surface area (Å²) in [4.78, 5) is 11.6. The Hall–Kier alpha value is -1.16. The van der Waals surface area contributed by atoms with E-state index in [1.54, 1.807) is 13.8 Å². The number of hydrogen-bond donors (Lipinski definition) is 0. The fourth-order valence-electron chi connectivity index (χ4n) is 2.54. The lowest BCUT2D eigenvalue weighted by molar-refractivity contribution is -0.154. The van der Waals surface area contributed by atoms with E-state index in [0.29, 0.717) is 19.6 Å². The number of ether oxygens (including phenoxy) is 1. The van der Waals surface area contributed by atoms with Gasteiger partial charge in [0.15, 0.2) is 0 Å². The van der Waals surface area contributed by atoms with Crippen LogP contribution in [0.2, 0.25) is 0 Å². The molecule has 0 aliphatic carbocycles. The van der Waals surface area contributed by atoms with Crippen molar-refractivity contribution in [2.45, 2.75) is 38.5 Å². The minimum Gasteiger partial charge on any atom is -0.456 e. The lowest BCUT2D eigenvalue weighted by atomic mass is 10.0. The monoisotopic (exact) mass is 312 g/mol. The molecule has 0 spiro atoms. The van der Waals surface area contributed by atoms with Crippen molar-refractivity contribution >= 4 is 13.6 Å². The highest BCUT2D eigenvalue weighted by Crippen LogP contribution is 2.60. The largest absolute Gasteiger partial charge is 0.456 e. The number of benzene rings is 1. The van der Waals surface area contributed by atoms with Crippen molar-refractivity contribution in [3.63, 3.8) is 0 Å². The Morgan fingerprint density at radius 1 is 1.19 bits per heavy atom. The molecule has 1 aliphatic rings. The Labute approximate surface area is 125 Å². The predicted molar refractivity (Wildman–Crippen MR) is 79.2 cm³/mol. The topological polar surface area (TPSA) is 61.8 Å². The van der Waals surface area contributed by atoms with Crippen LogP contribution in [-0.2, 0) is 23.1 Å². The summed E-state index contributed by atoms with van der Waals surface area (Å²) in [6, 6.07) is 9.33. The average Bonchev–Trinajstić information content (AvgIpc) is 2.48. The molecule has 1 aromatic rings. The molecule has 1 aliphatic heterocycles. The molecule has 116 valence electrons. The van der Waals surface area contributed by atoms with Gasteiger partial charge in [-0.25, -0.2) is 0 Å². The quantitative estimate of drug-likeness (QED) is 0.592. The maximum Gasteiger partial charge on any atom is 0.337 e. The van der Waals surface area contributed by atoms with Gasteiger partial charge in [0.1, 0.15) is 11.8 Å². The van der Waals surface area contributed by atoms with Crippen LogP contribution in [0.1, 0.15) is 38.4 Å². The number of esters is 1. The standard InChI is InChI=1S/C15H21O5P/c1-3-18-21(17,19-4-2)13-10-11-14(16)20-15(13)12-8-6-5-7-9-12/h5-9,13,15H,3-4,10-11H2,1-2H3/t13-,15-/m0/s1. The van der Waals surface area contributed by atoms with E-state index >= 15 is 0 Å². The van der Waals surface area contributed by atoms with Gasteiger partial charge in [0.2, 0.25) is 0 Å². The molecule has 1 heterocycles. The summed E-state index contributed by atoms with van der Waals surface area (Å²) in [5.74, 6) is -0.278. The van der Waals surface area contributed by atoms with Crippen LogP contribution in [0.5, 0.6) is 0 Å². The highest BCUT2D eigenvalue weighted by atomic mass is 31.2. The maximum absolute atomic E-state index is 13.0. The van der Waals surface area contributed by atoms with Crippen LogP contribution in [0.3, 0.4) is 0 Å². The Kier molecular flexibility index (Phi) is 5.57. The summed E-state index contributed by atoms with van der Waals surface area (Å²) < 4.78 is 29.4. The molecule has 5 nitrogen and oxygen atoms in total. The summed E-state index contributed by atoms with van der Waals surface area (Å²) >= 11 is 0. The number of hydrogen-bond acceptors (Lipinski definition) is 5. The van der Waals surface area contributed by atoms with Gasteiger partial charge >= 0.3 is 13.6 Å². The van der Waals surface area contributed by atoms with Crippen LogP contribution in [0.15, 0.2) is 30.3 Å². The zero-order chi connectivity index (χ0) is 15.3. The molecule has 2 atom stereocenters. The van der Waals surface area contributed by atoms with Gasteiger partial charge in [-0.2, -0.15) is 0 Å². The van der Waals surface area contributed by atoms with Crippen LogP contribution in [-0.4, -0.2) is 24.8 Å². The first kappa shape index (κ1) is 16.2. The number of cyclic esters (lactones) is 1. The molecule has 21 heavy (non-hydrogen) atoms. The van der Waals surface area contributed by atoms with E-state index in [1.165, 1.54) is 0 Å². The van der Waals surface area contributed by atoms with Crippen LogP contribution in [0.25, 0.3) is 0 Å². The van der Waals surface area contributed by atoms with E-state index in [0.717, 1.165) is 5.56 Å². The van der Waals surface area contributed by atoms with Gasteiger partial charge in [0.25, 0.3) is 0 Å². The molecule has 0 amide bonds. The first-order chi connectivity index (χ1) is 10.1. The van der Waals surface area contributed by atoms with Gasteiger partial charge in [-0.15, -0.1) is 0 Å². The van der Waals surface area contributed by atoms with Gasteiger partial charge < -0.3 is 13.8 Å². The van der Waals surface area contributed by atoms with Crippen LogP contribution in [0, 0.1) is 0 Å². The first-order valence-corrected chi connectivity index (χ1v) is 8.85. The van der Waals surface area contributed by atoms with E-state index in [2.05, 4.69) is 0 Å². The third-order valence-corrected chi connectivity index (χ3v) is 5.98. The second-order valence-corrected chi connectivity index (χ2v) is 7.06. The zero-order valence-corrected chi connectivity index (χ0v) is 13.3. The van der Waals surface area contributed by atoms with Gasteiger partial charge in [-0.05, 0) is 25.8 Å².